The van der Waals surface area contributed by atoms with E-state index in [1.54, 1.807) is 12.1 Å². The van der Waals surface area contributed by atoms with E-state index in [1.807, 2.05) is 25.1 Å². The molecule has 1 aromatic carbocycles. The molecular weight excluding hydrogens is 351 g/mol. The van der Waals surface area contributed by atoms with Crippen molar-refractivity contribution in [3.8, 4) is 5.75 Å². The summed E-state index contributed by atoms with van der Waals surface area (Å²) in [5.74, 6) is 0.303. The fourth-order valence-electron chi connectivity index (χ4n) is 3.93. The molecule has 5 nitrogen and oxygen atoms in total. The molecule has 3 rings (SSSR count). The van der Waals surface area contributed by atoms with Gasteiger partial charge in [-0.25, -0.2) is 8.42 Å². The summed E-state index contributed by atoms with van der Waals surface area (Å²) in [7, 11) is -4.26. The Hall–Kier alpha value is -1.57. The molecule has 0 bridgehead atoms. The molecule has 0 spiro atoms. The lowest BCUT2D eigenvalue weighted by molar-refractivity contribution is 0.170. The zero-order valence-corrected chi connectivity index (χ0v) is 16.0. The van der Waals surface area contributed by atoms with Crippen molar-refractivity contribution in [2.75, 3.05) is 5.75 Å². The smallest absolute Gasteiger partial charge is 0.456 e. The number of hydrogen-bond acceptors (Lipinski definition) is 5. The Labute approximate surface area is 155 Å². The Kier molecular flexibility index (Phi) is 5.60. The molecule has 0 unspecified atom stereocenters. The predicted molar refractivity (Wildman–Crippen MR) is 104 cm³/mol. The van der Waals surface area contributed by atoms with Crippen molar-refractivity contribution in [2.45, 2.75) is 50.8 Å². The van der Waals surface area contributed by atoms with E-state index in [-0.39, 0.29) is 23.9 Å². The van der Waals surface area contributed by atoms with Crippen molar-refractivity contribution in [2.24, 2.45) is 0 Å². The first-order chi connectivity index (χ1) is 12.3. The van der Waals surface area contributed by atoms with Crippen LogP contribution < -0.4 is 0 Å². The van der Waals surface area contributed by atoms with Gasteiger partial charge in [-0.15, -0.1) is 0 Å². The number of para-hydroxylation sites is 1. The third kappa shape index (κ3) is 3.90. The zero-order chi connectivity index (χ0) is 18.9. The van der Waals surface area contributed by atoms with E-state index in [9.17, 15) is 18.5 Å². The number of rotatable bonds is 5. The number of phenols is 1. The lowest BCUT2D eigenvalue weighted by Gasteiger charge is -2.31. The van der Waals surface area contributed by atoms with Gasteiger partial charge in [-0.05, 0) is 37.8 Å². The number of hydrogen-bond donors (Lipinski definition) is 2. The Balaban J connectivity index is 1.77. The molecule has 0 radical (unpaired) electrons. The summed E-state index contributed by atoms with van der Waals surface area (Å²) in [5, 5.41) is 19.3. The summed E-state index contributed by atoms with van der Waals surface area (Å²) in [6.07, 6.45) is 3.87. The molecular formula is C19H25BO5S. The molecule has 2 N–H and O–H groups in total. The van der Waals surface area contributed by atoms with Crippen LogP contribution in [-0.2, 0) is 14.5 Å². The molecule has 140 valence electrons. The van der Waals surface area contributed by atoms with E-state index < -0.39 is 22.2 Å². The molecule has 0 amide bonds. The molecule has 0 aliphatic carbocycles. The maximum atomic E-state index is 12.3. The van der Waals surface area contributed by atoms with Gasteiger partial charge >= 0.3 is 7.12 Å². The molecule has 1 fully saturated rings. The second-order valence-corrected chi connectivity index (χ2v) is 9.28. The standard InChI is InChI=1S/C19H25BO5S/c1-3-14(10-15-6-4-5-7-16(15)21)8-9-17-19-13(2)12-26(23,24)18(19)11-20(22)25-17/h4-7,10,17-18,21-22H,3,8-9,11-12H2,1-2H3/b14-10+/t17-,18+/m1/s1. The van der Waals surface area contributed by atoms with E-state index in [4.69, 9.17) is 4.65 Å². The molecule has 7 heteroatoms. The highest BCUT2D eigenvalue weighted by Gasteiger charge is 2.47. The summed E-state index contributed by atoms with van der Waals surface area (Å²) in [6, 6.07) is 7.17. The molecule has 1 saturated heterocycles. The maximum absolute atomic E-state index is 12.3. The SMILES string of the molecule is CC/C(=C\c1ccccc1O)CC[C@H]1OB(O)C[C@H]2C1=C(C)CS2(=O)=O. The van der Waals surface area contributed by atoms with Crippen molar-refractivity contribution in [1.29, 1.82) is 0 Å². The molecule has 0 saturated carbocycles. The van der Waals surface area contributed by atoms with Gasteiger partial charge in [-0.1, -0.05) is 42.3 Å². The van der Waals surface area contributed by atoms with Gasteiger partial charge in [-0.3, -0.25) is 0 Å². The summed E-state index contributed by atoms with van der Waals surface area (Å²) in [5.41, 5.74) is 3.61. The first-order valence-corrected chi connectivity index (χ1v) is 10.8. The Morgan fingerprint density at radius 2 is 2.12 bits per heavy atom. The number of allylic oxidation sites excluding steroid dienone is 1. The van der Waals surface area contributed by atoms with Gasteiger partial charge in [0.2, 0.25) is 0 Å². The van der Waals surface area contributed by atoms with Gasteiger partial charge in [0, 0.05) is 11.9 Å². The molecule has 2 atom stereocenters. The Morgan fingerprint density at radius 3 is 2.81 bits per heavy atom. The second-order valence-electron chi connectivity index (χ2n) is 7.10. The van der Waals surface area contributed by atoms with Gasteiger partial charge in [0.05, 0.1) is 17.1 Å². The van der Waals surface area contributed by atoms with Crippen molar-refractivity contribution in [3.63, 3.8) is 0 Å². The van der Waals surface area contributed by atoms with Crippen LogP contribution >= 0.6 is 0 Å². The average molecular weight is 376 g/mol. The van der Waals surface area contributed by atoms with Crippen LogP contribution in [0.15, 0.2) is 41.0 Å². The number of fused-ring (bicyclic) bond motifs is 1. The van der Waals surface area contributed by atoms with E-state index in [1.165, 1.54) is 0 Å². The first-order valence-electron chi connectivity index (χ1n) is 9.04. The highest BCUT2D eigenvalue weighted by Crippen LogP contribution is 2.39. The lowest BCUT2D eigenvalue weighted by atomic mass is 9.74. The number of phenolic OH excluding ortho intramolecular Hbond substituents is 1. The van der Waals surface area contributed by atoms with Crippen molar-refractivity contribution in [1.82, 2.24) is 0 Å². The molecule has 2 aliphatic heterocycles. The van der Waals surface area contributed by atoms with E-state index in [0.29, 0.717) is 12.8 Å². The van der Waals surface area contributed by atoms with Crippen molar-refractivity contribution in [3.05, 3.63) is 46.5 Å². The highest BCUT2D eigenvalue weighted by molar-refractivity contribution is 7.92. The Bertz CT molecular complexity index is 843. The molecule has 2 heterocycles. The van der Waals surface area contributed by atoms with Crippen LogP contribution in [0.1, 0.15) is 38.7 Å². The summed E-state index contributed by atoms with van der Waals surface area (Å²) in [4.78, 5) is 0. The number of sulfone groups is 1. The minimum atomic E-state index is -3.22. The maximum Gasteiger partial charge on any atom is 0.456 e. The fourth-order valence-corrected chi connectivity index (χ4v) is 6.10. The molecule has 26 heavy (non-hydrogen) atoms. The van der Waals surface area contributed by atoms with E-state index in [0.717, 1.165) is 28.7 Å². The third-order valence-electron chi connectivity index (χ3n) is 5.25. The van der Waals surface area contributed by atoms with Gasteiger partial charge in [0.15, 0.2) is 9.84 Å². The van der Waals surface area contributed by atoms with Crippen molar-refractivity contribution < 1.29 is 23.2 Å². The topological polar surface area (TPSA) is 83.8 Å². The summed E-state index contributed by atoms with van der Waals surface area (Å²) >= 11 is 0. The number of benzene rings is 1. The molecule has 0 aromatic heterocycles. The van der Waals surface area contributed by atoms with Crippen LogP contribution in [0.4, 0.5) is 0 Å². The van der Waals surface area contributed by atoms with Crippen LogP contribution in [0.2, 0.25) is 6.32 Å². The summed E-state index contributed by atoms with van der Waals surface area (Å²) in [6.45, 7) is 3.90. The third-order valence-corrected chi connectivity index (χ3v) is 7.40. The van der Waals surface area contributed by atoms with Gasteiger partial charge in [-0.2, -0.15) is 0 Å². The lowest BCUT2D eigenvalue weighted by Crippen LogP contribution is -2.41. The predicted octanol–water partition coefficient (Wildman–Crippen LogP) is 2.96. The second kappa shape index (κ2) is 7.58. The normalized spacial score (nSPS) is 25.5. The van der Waals surface area contributed by atoms with Gasteiger partial charge < -0.3 is 14.8 Å². The zero-order valence-electron chi connectivity index (χ0n) is 15.2. The minimum Gasteiger partial charge on any atom is -0.507 e. The monoisotopic (exact) mass is 376 g/mol. The highest BCUT2D eigenvalue weighted by atomic mass is 32.2. The summed E-state index contributed by atoms with van der Waals surface area (Å²) < 4.78 is 30.3. The fraction of sp³-hybridized carbons (Fsp3) is 0.474. The van der Waals surface area contributed by atoms with Crippen LogP contribution in [0.5, 0.6) is 5.75 Å². The number of aromatic hydroxyl groups is 1. The van der Waals surface area contributed by atoms with E-state index >= 15 is 0 Å². The first kappa shape index (κ1) is 19.2. The van der Waals surface area contributed by atoms with Crippen LogP contribution in [-0.4, -0.2) is 42.8 Å². The average Bonchev–Trinajstić information content (AvgIpc) is 2.81. The van der Waals surface area contributed by atoms with E-state index in [2.05, 4.69) is 6.92 Å². The van der Waals surface area contributed by atoms with Gasteiger partial charge in [0.25, 0.3) is 0 Å². The molecule has 1 aromatic rings. The van der Waals surface area contributed by atoms with Crippen LogP contribution in [0, 0.1) is 0 Å². The minimum absolute atomic E-state index is 0.0634. The quantitative estimate of drug-likeness (QED) is 0.610. The van der Waals surface area contributed by atoms with Gasteiger partial charge in [0.1, 0.15) is 5.75 Å². The molecule has 2 aliphatic rings. The van der Waals surface area contributed by atoms with Crippen molar-refractivity contribution >= 4 is 23.0 Å². The Morgan fingerprint density at radius 1 is 1.38 bits per heavy atom. The van der Waals surface area contributed by atoms with Crippen LogP contribution in [0.3, 0.4) is 0 Å². The largest absolute Gasteiger partial charge is 0.507 e. The van der Waals surface area contributed by atoms with Crippen LogP contribution in [0.25, 0.3) is 6.08 Å².